The Hall–Kier alpha value is -1.53. The van der Waals surface area contributed by atoms with Crippen molar-refractivity contribution < 1.29 is 4.74 Å². The monoisotopic (exact) mass is 176 g/mol. The fourth-order valence-electron chi connectivity index (χ4n) is 0.950. The highest BCUT2D eigenvalue weighted by Crippen LogP contribution is 2.16. The molecule has 3 heteroatoms. The molecule has 0 heterocycles. The van der Waals surface area contributed by atoms with Gasteiger partial charge in [-0.15, -0.1) is 0 Å². The molecule has 1 aromatic rings. The summed E-state index contributed by atoms with van der Waals surface area (Å²) in [7, 11) is 0. The summed E-state index contributed by atoms with van der Waals surface area (Å²) in [6.07, 6.45) is 0.805. The lowest BCUT2D eigenvalue weighted by atomic mass is 10.2. The average molecular weight is 176 g/mol. The molecule has 0 aliphatic rings. The number of benzene rings is 1. The second kappa shape index (κ2) is 5.18. The molecule has 0 radical (unpaired) electrons. The van der Waals surface area contributed by atoms with Crippen LogP contribution >= 0.6 is 0 Å². The van der Waals surface area contributed by atoms with Gasteiger partial charge in [-0.25, -0.2) is 0 Å². The molecule has 1 aromatic carbocycles. The molecule has 0 aromatic heterocycles. The van der Waals surface area contributed by atoms with Gasteiger partial charge in [-0.2, -0.15) is 5.26 Å². The Morgan fingerprint density at radius 3 is 2.85 bits per heavy atom. The van der Waals surface area contributed by atoms with Crippen molar-refractivity contribution in [2.24, 2.45) is 5.73 Å². The molecule has 0 fully saturated rings. The van der Waals surface area contributed by atoms with E-state index < -0.39 is 0 Å². The van der Waals surface area contributed by atoms with Gasteiger partial charge in [0.2, 0.25) is 0 Å². The Morgan fingerprint density at radius 2 is 2.15 bits per heavy atom. The molecule has 3 nitrogen and oxygen atoms in total. The van der Waals surface area contributed by atoms with Crippen molar-refractivity contribution in [1.29, 1.82) is 5.26 Å². The number of para-hydroxylation sites is 1. The molecule has 1 rings (SSSR count). The topological polar surface area (TPSA) is 59.0 Å². The maximum Gasteiger partial charge on any atom is 0.137 e. The zero-order valence-corrected chi connectivity index (χ0v) is 7.36. The van der Waals surface area contributed by atoms with Gasteiger partial charge in [0, 0.05) is 0 Å². The molecule has 0 spiro atoms. The summed E-state index contributed by atoms with van der Waals surface area (Å²) in [5.74, 6) is 0.637. The van der Waals surface area contributed by atoms with E-state index in [1.54, 1.807) is 12.1 Å². The maximum atomic E-state index is 8.72. The molecule has 0 unspecified atom stereocenters. The molecule has 0 saturated heterocycles. The summed E-state index contributed by atoms with van der Waals surface area (Å²) >= 11 is 0. The molecule has 0 aliphatic heterocycles. The van der Waals surface area contributed by atoms with E-state index in [0.29, 0.717) is 24.5 Å². The molecule has 0 amide bonds. The van der Waals surface area contributed by atoms with Crippen molar-refractivity contribution in [1.82, 2.24) is 0 Å². The number of hydrogen-bond acceptors (Lipinski definition) is 3. The van der Waals surface area contributed by atoms with Crippen LogP contribution in [0.4, 0.5) is 0 Å². The summed E-state index contributed by atoms with van der Waals surface area (Å²) in [5.41, 5.74) is 5.89. The van der Waals surface area contributed by atoms with E-state index in [2.05, 4.69) is 6.07 Å². The minimum absolute atomic E-state index is 0.565. The fraction of sp³-hybridized carbons (Fsp3) is 0.300. The third kappa shape index (κ3) is 2.77. The van der Waals surface area contributed by atoms with Gasteiger partial charge in [-0.3, -0.25) is 0 Å². The normalized spacial score (nSPS) is 9.23. The van der Waals surface area contributed by atoms with Gasteiger partial charge in [0.15, 0.2) is 0 Å². The van der Waals surface area contributed by atoms with E-state index in [-0.39, 0.29) is 0 Å². The van der Waals surface area contributed by atoms with Gasteiger partial charge < -0.3 is 10.5 Å². The largest absolute Gasteiger partial charge is 0.492 e. The molecule has 2 N–H and O–H groups in total. The van der Waals surface area contributed by atoms with E-state index in [9.17, 15) is 0 Å². The van der Waals surface area contributed by atoms with Crippen LogP contribution in [0.15, 0.2) is 24.3 Å². The third-order valence-corrected chi connectivity index (χ3v) is 1.61. The SMILES string of the molecule is N#Cc1ccccc1OCCCN. The second-order valence-corrected chi connectivity index (χ2v) is 2.60. The van der Waals surface area contributed by atoms with Crippen LogP contribution in [-0.4, -0.2) is 13.2 Å². The van der Waals surface area contributed by atoms with Crippen molar-refractivity contribution in [2.75, 3.05) is 13.2 Å². The number of rotatable bonds is 4. The lowest BCUT2D eigenvalue weighted by Gasteiger charge is -2.05. The molecule has 0 aliphatic carbocycles. The van der Waals surface area contributed by atoms with Crippen molar-refractivity contribution in [2.45, 2.75) is 6.42 Å². The van der Waals surface area contributed by atoms with Gasteiger partial charge in [-0.05, 0) is 25.1 Å². The van der Waals surface area contributed by atoms with Gasteiger partial charge in [0.1, 0.15) is 11.8 Å². The van der Waals surface area contributed by atoms with Crippen molar-refractivity contribution >= 4 is 0 Å². The van der Waals surface area contributed by atoms with Crippen LogP contribution < -0.4 is 10.5 Å². The van der Waals surface area contributed by atoms with Crippen LogP contribution in [0.25, 0.3) is 0 Å². The highest BCUT2D eigenvalue weighted by atomic mass is 16.5. The first-order chi connectivity index (χ1) is 6.38. The van der Waals surface area contributed by atoms with Crippen LogP contribution in [-0.2, 0) is 0 Å². The van der Waals surface area contributed by atoms with Gasteiger partial charge in [0.05, 0.1) is 12.2 Å². The summed E-state index contributed by atoms with van der Waals surface area (Å²) in [4.78, 5) is 0. The number of nitrogens with zero attached hydrogens (tertiary/aromatic N) is 1. The van der Waals surface area contributed by atoms with E-state index in [4.69, 9.17) is 15.7 Å². The lowest BCUT2D eigenvalue weighted by Crippen LogP contribution is -2.06. The maximum absolute atomic E-state index is 8.72. The quantitative estimate of drug-likeness (QED) is 0.703. The molecular weight excluding hydrogens is 164 g/mol. The molecule has 0 saturated carbocycles. The molecule has 0 atom stereocenters. The van der Waals surface area contributed by atoms with Crippen LogP contribution in [0.5, 0.6) is 5.75 Å². The first-order valence-corrected chi connectivity index (χ1v) is 4.20. The lowest BCUT2D eigenvalue weighted by molar-refractivity contribution is 0.312. The predicted molar refractivity (Wildman–Crippen MR) is 50.3 cm³/mol. The van der Waals surface area contributed by atoms with Crippen molar-refractivity contribution in [3.05, 3.63) is 29.8 Å². The summed E-state index contributed by atoms with van der Waals surface area (Å²) < 4.78 is 5.37. The first-order valence-electron chi connectivity index (χ1n) is 4.20. The average Bonchev–Trinajstić information content (AvgIpc) is 2.19. The van der Waals surface area contributed by atoms with Crippen LogP contribution in [0, 0.1) is 11.3 Å². The number of hydrogen-bond donors (Lipinski definition) is 1. The zero-order chi connectivity index (χ0) is 9.52. The Balaban J connectivity index is 2.60. The minimum atomic E-state index is 0.565. The minimum Gasteiger partial charge on any atom is -0.492 e. The van der Waals surface area contributed by atoms with E-state index in [0.717, 1.165) is 6.42 Å². The van der Waals surface area contributed by atoms with Gasteiger partial charge >= 0.3 is 0 Å². The van der Waals surface area contributed by atoms with E-state index in [1.807, 2.05) is 12.1 Å². The summed E-state index contributed by atoms with van der Waals surface area (Å²) in [6, 6.07) is 9.25. The Morgan fingerprint density at radius 1 is 1.38 bits per heavy atom. The zero-order valence-electron chi connectivity index (χ0n) is 7.36. The Bertz CT molecular complexity index is 304. The second-order valence-electron chi connectivity index (χ2n) is 2.60. The molecular formula is C10H12N2O. The highest BCUT2D eigenvalue weighted by Gasteiger charge is 1.99. The number of nitriles is 1. The van der Waals surface area contributed by atoms with E-state index in [1.165, 1.54) is 0 Å². The standard InChI is InChI=1S/C10H12N2O/c11-6-3-7-13-10-5-2-1-4-9(10)8-12/h1-2,4-5H,3,6-7,11H2. The predicted octanol–water partition coefficient (Wildman–Crippen LogP) is 1.29. The fourth-order valence-corrected chi connectivity index (χ4v) is 0.950. The van der Waals surface area contributed by atoms with Crippen molar-refractivity contribution in [3.8, 4) is 11.8 Å². The molecule has 0 bridgehead atoms. The Labute approximate surface area is 77.7 Å². The number of nitrogens with two attached hydrogens (primary N) is 1. The summed E-state index contributed by atoms with van der Waals surface area (Å²) in [6.45, 7) is 1.17. The van der Waals surface area contributed by atoms with Crippen LogP contribution in [0.2, 0.25) is 0 Å². The highest BCUT2D eigenvalue weighted by molar-refractivity contribution is 5.42. The van der Waals surface area contributed by atoms with Gasteiger partial charge in [0.25, 0.3) is 0 Å². The molecule has 68 valence electrons. The summed E-state index contributed by atoms with van der Waals surface area (Å²) in [5, 5.41) is 8.72. The number of ether oxygens (including phenoxy) is 1. The van der Waals surface area contributed by atoms with Crippen LogP contribution in [0.1, 0.15) is 12.0 Å². The smallest absolute Gasteiger partial charge is 0.137 e. The third-order valence-electron chi connectivity index (χ3n) is 1.61. The van der Waals surface area contributed by atoms with Crippen LogP contribution in [0.3, 0.4) is 0 Å². The van der Waals surface area contributed by atoms with E-state index >= 15 is 0 Å². The first kappa shape index (κ1) is 9.56. The van der Waals surface area contributed by atoms with Crippen molar-refractivity contribution in [3.63, 3.8) is 0 Å². The molecule has 13 heavy (non-hydrogen) atoms. The van der Waals surface area contributed by atoms with Gasteiger partial charge in [-0.1, -0.05) is 12.1 Å². The Kier molecular flexibility index (Phi) is 3.80.